The molecule has 1 heterocycles. The van der Waals surface area contributed by atoms with Gasteiger partial charge in [-0.15, -0.1) is 0 Å². The topological polar surface area (TPSA) is 66.8 Å². The van der Waals surface area contributed by atoms with Crippen LogP contribution < -0.4 is 4.74 Å². The second kappa shape index (κ2) is 6.83. The maximum atomic E-state index is 12.4. The van der Waals surface area contributed by atoms with Crippen LogP contribution in [0, 0.1) is 11.3 Å². The zero-order valence-electron chi connectivity index (χ0n) is 14.2. The smallest absolute Gasteiger partial charge is 0.310 e. The summed E-state index contributed by atoms with van der Waals surface area (Å²) < 4.78 is 5.15. The number of piperidine rings is 1. The fourth-order valence-corrected chi connectivity index (χ4v) is 3.67. The van der Waals surface area contributed by atoms with E-state index in [1.165, 1.54) is 0 Å². The van der Waals surface area contributed by atoms with Gasteiger partial charge in [-0.05, 0) is 49.8 Å². The van der Waals surface area contributed by atoms with Gasteiger partial charge in [-0.25, -0.2) is 0 Å². The number of hydrogen-bond donors (Lipinski definition) is 1. The minimum absolute atomic E-state index is 0.184. The van der Waals surface area contributed by atoms with E-state index in [0.717, 1.165) is 30.6 Å². The Balaban J connectivity index is 1.66. The Hall–Kier alpha value is -2.04. The lowest BCUT2D eigenvalue weighted by atomic mass is 9.73. The fraction of sp³-hybridized carbons (Fsp3) is 0.579. The predicted octanol–water partition coefficient (Wildman–Crippen LogP) is 2.73. The van der Waals surface area contributed by atoms with E-state index in [2.05, 4.69) is 0 Å². The van der Waals surface area contributed by atoms with Crippen LogP contribution in [0.15, 0.2) is 24.3 Å². The van der Waals surface area contributed by atoms with Crippen LogP contribution in [0.2, 0.25) is 0 Å². The van der Waals surface area contributed by atoms with Gasteiger partial charge in [-0.1, -0.05) is 18.6 Å². The van der Waals surface area contributed by atoms with Crippen molar-refractivity contribution in [2.75, 3.05) is 20.2 Å². The van der Waals surface area contributed by atoms with E-state index >= 15 is 0 Å². The molecule has 130 valence electrons. The van der Waals surface area contributed by atoms with Crippen LogP contribution in [0.1, 0.15) is 37.7 Å². The van der Waals surface area contributed by atoms with E-state index in [-0.39, 0.29) is 11.8 Å². The number of carboxylic acid groups (broad SMARTS) is 1. The van der Waals surface area contributed by atoms with Gasteiger partial charge in [-0.3, -0.25) is 9.59 Å². The van der Waals surface area contributed by atoms with Crippen molar-refractivity contribution < 1.29 is 19.4 Å². The van der Waals surface area contributed by atoms with Crippen molar-refractivity contribution in [3.05, 3.63) is 29.8 Å². The van der Waals surface area contributed by atoms with Crippen molar-refractivity contribution in [1.82, 2.24) is 4.90 Å². The van der Waals surface area contributed by atoms with Crippen LogP contribution in [0.25, 0.3) is 0 Å². The molecule has 1 aliphatic carbocycles. The van der Waals surface area contributed by atoms with Crippen molar-refractivity contribution >= 4 is 11.9 Å². The number of ether oxygens (including phenoxy) is 1. The molecule has 24 heavy (non-hydrogen) atoms. The van der Waals surface area contributed by atoms with Crippen molar-refractivity contribution in [3.8, 4) is 5.75 Å². The Morgan fingerprint density at radius 3 is 2.29 bits per heavy atom. The summed E-state index contributed by atoms with van der Waals surface area (Å²) in [6.07, 6.45) is 4.66. The molecule has 0 spiro atoms. The molecule has 5 heteroatoms. The third-order valence-electron chi connectivity index (χ3n) is 5.64. The van der Waals surface area contributed by atoms with Crippen LogP contribution in [-0.4, -0.2) is 42.1 Å². The molecule has 1 amide bonds. The van der Waals surface area contributed by atoms with Crippen LogP contribution in [-0.2, 0) is 16.0 Å². The van der Waals surface area contributed by atoms with Gasteiger partial charge >= 0.3 is 5.97 Å². The van der Waals surface area contributed by atoms with Crippen LogP contribution in [0.3, 0.4) is 0 Å². The predicted molar refractivity (Wildman–Crippen MR) is 89.9 cm³/mol. The Kier molecular flexibility index (Phi) is 4.78. The van der Waals surface area contributed by atoms with Crippen LogP contribution in [0.5, 0.6) is 5.75 Å². The molecule has 2 aliphatic rings. The monoisotopic (exact) mass is 331 g/mol. The first kappa shape index (κ1) is 16.8. The molecule has 0 atom stereocenters. The number of aliphatic carboxylic acids is 1. The minimum atomic E-state index is -0.773. The number of hydrogen-bond acceptors (Lipinski definition) is 3. The molecule has 1 saturated heterocycles. The van der Waals surface area contributed by atoms with Crippen molar-refractivity contribution in [2.45, 2.75) is 38.5 Å². The Bertz CT molecular complexity index is 598. The van der Waals surface area contributed by atoms with Gasteiger partial charge < -0.3 is 14.7 Å². The molecule has 1 aromatic rings. The highest BCUT2D eigenvalue weighted by Gasteiger charge is 2.43. The first-order chi connectivity index (χ1) is 11.5. The number of methoxy groups -OCH3 is 1. The largest absolute Gasteiger partial charge is 0.497 e. The summed E-state index contributed by atoms with van der Waals surface area (Å²) in [5.74, 6) is 0.423. The summed E-state index contributed by atoms with van der Waals surface area (Å²) in [5, 5.41) is 9.81. The zero-order valence-corrected chi connectivity index (χ0v) is 14.2. The van der Waals surface area contributed by atoms with Crippen molar-refractivity contribution in [2.24, 2.45) is 11.3 Å². The van der Waals surface area contributed by atoms with Gasteiger partial charge in [0.25, 0.3) is 0 Å². The molecule has 2 fully saturated rings. The van der Waals surface area contributed by atoms with Gasteiger partial charge in [-0.2, -0.15) is 0 Å². The fourth-order valence-electron chi connectivity index (χ4n) is 3.67. The summed E-state index contributed by atoms with van der Waals surface area (Å²) >= 11 is 0. The van der Waals surface area contributed by atoms with Gasteiger partial charge in [0.1, 0.15) is 5.75 Å². The van der Waals surface area contributed by atoms with Gasteiger partial charge in [0.15, 0.2) is 0 Å². The first-order valence-corrected chi connectivity index (χ1v) is 8.69. The molecule has 0 bridgehead atoms. The molecule has 5 nitrogen and oxygen atoms in total. The zero-order chi connectivity index (χ0) is 17.2. The average Bonchev–Trinajstić information content (AvgIpc) is 2.54. The number of benzene rings is 1. The number of amides is 1. The van der Waals surface area contributed by atoms with Crippen LogP contribution >= 0.6 is 0 Å². The number of carbonyl (C=O) groups is 2. The van der Waals surface area contributed by atoms with E-state index < -0.39 is 11.4 Å². The molecule has 0 radical (unpaired) electrons. The summed E-state index contributed by atoms with van der Waals surface area (Å²) in [5.41, 5.74) is 0.224. The molecular formula is C19H25NO4. The Morgan fingerprint density at radius 2 is 1.83 bits per heavy atom. The third kappa shape index (κ3) is 3.25. The maximum Gasteiger partial charge on any atom is 0.310 e. The Morgan fingerprint density at radius 1 is 1.21 bits per heavy atom. The highest BCUT2D eigenvalue weighted by Crippen LogP contribution is 2.37. The quantitative estimate of drug-likeness (QED) is 0.901. The summed E-state index contributed by atoms with van der Waals surface area (Å²) in [4.78, 5) is 26.2. The second-order valence-corrected chi connectivity index (χ2v) is 7.06. The van der Waals surface area contributed by atoms with Crippen LogP contribution in [0.4, 0.5) is 0 Å². The SMILES string of the molecule is COc1ccc(CC2(C(=O)O)CCN(C(=O)C3CCC3)CC2)cc1. The van der Waals surface area contributed by atoms with E-state index in [1.54, 1.807) is 7.11 Å². The summed E-state index contributed by atoms with van der Waals surface area (Å²) in [7, 11) is 1.61. The summed E-state index contributed by atoms with van der Waals surface area (Å²) in [6.45, 7) is 1.11. The number of rotatable bonds is 5. The lowest BCUT2D eigenvalue weighted by molar-refractivity contribution is -0.155. The molecular weight excluding hydrogens is 306 g/mol. The molecule has 3 rings (SSSR count). The average molecular weight is 331 g/mol. The number of carboxylic acids is 1. The van der Waals surface area contributed by atoms with Crippen molar-refractivity contribution in [1.29, 1.82) is 0 Å². The van der Waals surface area contributed by atoms with E-state index in [4.69, 9.17) is 4.74 Å². The molecule has 0 unspecified atom stereocenters. The lowest BCUT2D eigenvalue weighted by Crippen LogP contribution is -2.49. The normalized spacial score (nSPS) is 20.3. The highest BCUT2D eigenvalue weighted by atomic mass is 16.5. The van der Waals surface area contributed by atoms with E-state index in [1.807, 2.05) is 29.2 Å². The highest BCUT2D eigenvalue weighted by molar-refractivity contribution is 5.80. The van der Waals surface area contributed by atoms with Gasteiger partial charge in [0.2, 0.25) is 5.91 Å². The lowest BCUT2D eigenvalue weighted by Gasteiger charge is -2.41. The molecule has 1 N–H and O–H groups in total. The molecule has 1 aliphatic heterocycles. The summed E-state index contributed by atoms with van der Waals surface area (Å²) in [6, 6.07) is 7.57. The molecule has 0 aromatic heterocycles. The molecule has 1 saturated carbocycles. The minimum Gasteiger partial charge on any atom is -0.497 e. The number of likely N-dealkylation sites (tertiary alicyclic amines) is 1. The van der Waals surface area contributed by atoms with E-state index in [0.29, 0.717) is 32.4 Å². The number of carbonyl (C=O) groups excluding carboxylic acids is 1. The third-order valence-corrected chi connectivity index (χ3v) is 5.64. The maximum absolute atomic E-state index is 12.4. The van der Waals surface area contributed by atoms with Gasteiger partial charge in [0, 0.05) is 19.0 Å². The number of nitrogens with zero attached hydrogens (tertiary/aromatic N) is 1. The second-order valence-electron chi connectivity index (χ2n) is 7.06. The molecule has 1 aromatic carbocycles. The standard InChI is InChI=1S/C19H25NO4/c1-24-16-7-5-14(6-8-16)13-19(18(22)23)9-11-20(12-10-19)17(21)15-3-2-4-15/h5-8,15H,2-4,9-13H2,1H3,(H,22,23). The van der Waals surface area contributed by atoms with E-state index in [9.17, 15) is 14.7 Å². The Labute approximate surface area is 142 Å². The van der Waals surface area contributed by atoms with Crippen molar-refractivity contribution in [3.63, 3.8) is 0 Å². The first-order valence-electron chi connectivity index (χ1n) is 8.69. The van der Waals surface area contributed by atoms with Gasteiger partial charge in [0.05, 0.1) is 12.5 Å².